The third-order valence-electron chi connectivity index (χ3n) is 5.85. The first kappa shape index (κ1) is 43.0. The monoisotopic (exact) mass is 724 g/mol. The van der Waals surface area contributed by atoms with E-state index in [0.717, 1.165) is 19.2 Å². The van der Waals surface area contributed by atoms with E-state index in [9.17, 15) is 38.3 Å². The van der Waals surface area contributed by atoms with Crippen molar-refractivity contribution in [3.8, 4) is 0 Å². The van der Waals surface area contributed by atoms with E-state index in [2.05, 4.69) is 0 Å². The lowest BCUT2D eigenvalue weighted by Crippen LogP contribution is -2.52. The maximum Gasteiger partial charge on any atom is 0.510 e. The highest BCUT2D eigenvalue weighted by Gasteiger charge is 2.44. The number of alkyl halides is 1. The summed E-state index contributed by atoms with van der Waals surface area (Å²) in [5.41, 5.74) is -4.31. The Bertz CT molecular complexity index is 1200. The summed E-state index contributed by atoms with van der Waals surface area (Å²) in [7, 11) is 0.327. The van der Waals surface area contributed by atoms with Crippen LogP contribution in [0.4, 0.5) is 14.0 Å². The molecule has 1 rings (SSSR count). The molecule has 0 fully saturated rings. The number of phosphoric acid groups is 1. The smallest absolute Gasteiger partial charge is 0.426 e. The Balaban J connectivity index is 3.15. The van der Waals surface area contributed by atoms with Crippen LogP contribution in [0.3, 0.4) is 0 Å². The number of ether oxygens (including phenoxy) is 9. The number of phosphoric ester groups is 1. The minimum absolute atomic E-state index is 0.0672. The van der Waals surface area contributed by atoms with E-state index in [0.29, 0.717) is 4.57 Å². The van der Waals surface area contributed by atoms with Gasteiger partial charge in [0, 0.05) is 40.7 Å². The van der Waals surface area contributed by atoms with Crippen LogP contribution in [0.25, 0.3) is 0 Å². The molecule has 0 spiro atoms. The number of aromatic amines is 1. The molecule has 0 aliphatic rings. The van der Waals surface area contributed by atoms with Gasteiger partial charge in [-0.15, -0.1) is 0 Å². The third kappa shape index (κ3) is 15.0. The van der Waals surface area contributed by atoms with Crippen molar-refractivity contribution in [1.82, 2.24) is 9.55 Å². The van der Waals surface area contributed by atoms with Crippen LogP contribution >= 0.6 is 7.82 Å². The van der Waals surface area contributed by atoms with E-state index in [1.165, 1.54) is 28.4 Å². The molecule has 0 aromatic carbocycles. The zero-order chi connectivity index (χ0) is 36.2. The second kappa shape index (κ2) is 22.6. The Morgan fingerprint density at radius 2 is 1.40 bits per heavy atom. The topological polar surface area (TPSA) is 257 Å². The van der Waals surface area contributed by atoms with Crippen LogP contribution in [0.2, 0.25) is 0 Å². The van der Waals surface area contributed by atoms with Gasteiger partial charge in [0.15, 0.2) is 18.4 Å². The van der Waals surface area contributed by atoms with Crippen LogP contribution in [0, 0.1) is 0 Å². The number of H-pyrrole nitrogens is 1. The normalized spacial score (nSPS) is 14.4. The average Bonchev–Trinajstić information content (AvgIpc) is 3.02. The zero-order valence-electron chi connectivity index (χ0n) is 26.9. The molecule has 48 heavy (non-hydrogen) atoms. The predicted octanol–water partition coefficient (Wildman–Crippen LogP) is -0.165. The van der Waals surface area contributed by atoms with Crippen molar-refractivity contribution < 1.29 is 85.0 Å². The molecule has 0 aliphatic carbocycles. The zero-order valence-corrected chi connectivity index (χ0v) is 27.8. The van der Waals surface area contributed by atoms with Gasteiger partial charge in [0.25, 0.3) is 5.56 Å². The fourth-order valence-corrected chi connectivity index (χ4v) is 4.40. The number of halogens is 1. The van der Waals surface area contributed by atoms with Crippen LogP contribution in [0.15, 0.2) is 21.9 Å². The molecule has 1 aromatic rings. The summed E-state index contributed by atoms with van der Waals surface area (Å²) in [4.78, 5) is 49.8. The highest BCUT2D eigenvalue weighted by atomic mass is 31.2. The van der Waals surface area contributed by atoms with Crippen molar-refractivity contribution in [2.75, 3.05) is 88.3 Å². The van der Waals surface area contributed by atoms with Gasteiger partial charge in [-0.1, -0.05) is 0 Å². The van der Waals surface area contributed by atoms with Crippen LogP contribution in [-0.4, -0.2) is 144 Å². The number of aliphatic hydroxyl groups excluding tert-OH is 2. The minimum Gasteiger partial charge on any atom is -0.426 e. The second-order valence-electron chi connectivity index (χ2n) is 9.45. The van der Waals surface area contributed by atoms with E-state index in [1.807, 2.05) is 4.98 Å². The Morgan fingerprint density at radius 1 is 0.917 bits per heavy atom. The molecule has 3 N–H and O–H groups in total. The number of aromatic nitrogens is 2. The first-order valence-electron chi connectivity index (χ1n) is 13.8. The predicted molar refractivity (Wildman–Crippen MR) is 155 cm³/mol. The molecule has 0 saturated heterocycles. The highest BCUT2D eigenvalue weighted by molar-refractivity contribution is 7.48. The lowest BCUT2D eigenvalue weighted by atomic mass is 10.0. The number of hydrogen-bond acceptors (Lipinski definition) is 19. The SMILES string of the molecule is COCC(COC)OC(=O)OCOP(=O)(OCOC(=O)OC(COC)COC)OC[C@@](CF)(O[C@H](CO)n1ccc(=O)[nH]c1=O)[C@H](C)O. The quantitative estimate of drug-likeness (QED) is 0.0672. The fraction of sp³-hybridized carbons (Fsp3) is 0.760. The molecular formula is C25H42FN2O19P. The number of hydrogen-bond donors (Lipinski definition) is 3. The third-order valence-corrected chi connectivity index (χ3v) is 7.14. The van der Waals surface area contributed by atoms with Gasteiger partial charge in [0.1, 0.15) is 12.3 Å². The standard InChI is InChI=1S/C25H42FN2O19P/c1-17(30)25(13-26,47-21(8-29)28-7-6-20(31)27-22(28)32)14-42-48(35,43-15-40-23(33)45-18(9-36-2)10-37-3)44-16-41-24(34)46-19(11-38-4)12-39-5/h6-7,17-19,21,29-30H,8-16H2,1-5H3,(H,27,31,32)/t17-,21+,25+/m0/s1. The van der Waals surface area contributed by atoms with E-state index in [-0.39, 0.29) is 26.4 Å². The van der Waals surface area contributed by atoms with Gasteiger partial charge in [-0.2, -0.15) is 0 Å². The molecular weight excluding hydrogens is 682 g/mol. The summed E-state index contributed by atoms with van der Waals surface area (Å²) in [6, 6.07) is 0.912. The van der Waals surface area contributed by atoms with E-state index < -0.39 is 95.0 Å². The maximum absolute atomic E-state index is 14.5. The molecule has 0 radical (unpaired) electrons. The summed E-state index contributed by atoms with van der Waals surface area (Å²) < 4.78 is 88.3. The molecule has 0 aliphatic heterocycles. The second-order valence-corrected chi connectivity index (χ2v) is 11.1. The Kier molecular flexibility index (Phi) is 20.2. The van der Waals surface area contributed by atoms with Crippen LogP contribution in [0.5, 0.6) is 0 Å². The number of nitrogens with zero attached hydrogens (tertiary/aromatic N) is 1. The molecule has 0 unspecified atom stereocenters. The van der Waals surface area contributed by atoms with Crippen molar-refractivity contribution >= 4 is 20.1 Å². The summed E-state index contributed by atoms with van der Waals surface area (Å²) in [6.07, 6.45) is -7.01. The van der Waals surface area contributed by atoms with Crippen molar-refractivity contribution in [3.63, 3.8) is 0 Å². The Morgan fingerprint density at radius 3 is 1.77 bits per heavy atom. The number of nitrogens with one attached hydrogen (secondary N) is 1. The van der Waals surface area contributed by atoms with Gasteiger partial charge < -0.3 is 52.8 Å². The van der Waals surface area contributed by atoms with Crippen molar-refractivity contribution in [2.45, 2.75) is 37.1 Å². The molecule has 3 atom stereocenters. The fourth-order valence-electron chi connectivity index (χ4n) is 3.44. The number of carbonyl (C=O) groups is 2. The van der Waals surface area contributed by atoms with Gasteiger partial charge in [0.05, 0.1) is 45.7 Å². The van der Waals surface area contributed by atoms with Gasteiger partial charge in [-0.25, -0.2) is 32.4 Å². The molecule has 0 amide bonds. The number of carbonyl (C=O) groups excluding carboxylic acids is 2. The van der Waals surface area contributed by atoms with E-state index in [1.54, 1.807) is 0 Å². The van der Waals surface area contributed by atoms with Gasteiger partial charge in [-0.05, 0) is 6.92 Å². The van der Waals surface area contributed by atoms with Crippen LogP contribution < -0.4 is 11.2 Å². The largest absolute Gasteiger partial charge is 0.510 e. The van der Waals surface area contributed by atoms with Gasteiger partial charge >= 0.3 is 25.8 Å². The molecule has 1 aromatic heterocycles. The van der Waals surface area contributed by atoms with Crippen LogP contribution in [-0.2, 0) is 60.8 Å². The van der Waals surface area contributed by atoms with Crippen molar-refractivity contribution in [1.29, 1.82) is 0 Å². The molecule has 23 heteroatoms. The highest BCUT2D eigenvalue weighted by Crippen LogP contribution is 2.50. The maximum atomic E-state index is 14.5. The van der Waals surface area contributed by atoms with Crippen molar-refractivity contribution in [2.24, 2.45) is 0 Å². The van der Waals surface area contributed by atoms with E-state index in [4.69, 9.17) is 56.2 Å². The van der Waals surface area contributed by atoms with Crippen LogP contribution in [0.1, 0.15) is 13.2 Å². The lowest BCUT2D eigenvalue weighted by molar-refractivity contribution is -0.208. The molecule has 21 nitrogen and oxygen atoms in total. The van der Waals surface area contributed by atoms with E-state index >= 15 is 0 Å². The Labute approximate surface area is 273 Å². The minimum atomic E-state index is -5.04. The molecule has 0 bridgehead atoms. The summed E-state index contributed by atoms with van der Waals surface area (Å²) in [5, 5.41) is 20.3. The molecule has 278 valence electrons. The van der Waals surface area contributed by atoms with Crippen molar-refractivity contribution in [3.05, 3.63) is 33.1 Å². The summed E-state index contributed by atoms with van der Waals surface area (Å²) in [5.74, 6) is 0. The Hall–Kier alpha value is -3.02. The number of aliphatic hydroxyl groups is 2. The summed E-state index contributed by atoms with van der Waals surface area (Å²) in [6.45, 7) is -5.28. The molecule has 1 heterocycles. The number of rotatable bonds is 25. The van der Waals surface area contributed by atoms with Gasteiger partial charge in [-0.3, -0.25) is 18.9 Å². The molecule has 0 saturated carbocycles. The average molecular weight is 725 g/mol. The number of methoxy groups -OCH3 is 4. The van der Waals surface area contributed by atoms with Gasteiger partial charge in [0.2, 0.25) is 13.6 Å². The lowest BCUT2D eigenvalue weighted by Gasteiger charge is -2.37. The first-order chi connectivity index (χ1) is 22.8. The summed E-state index contributed by atoms with van der Waals surface area (Å²) >= 11 is 0. The first-order valence-corrected chi connectivity index (χ1v) is 15.3.